The number of rotatable bonds is 15. The maximum atomic E-state index is 5.57. The van der Waals surface area contributed by atoms with Crippen LogP contribution < -0.4 is 0 Å². The molecule has 0 saturated carbocycles. The summed E-state index contributed by atoms with van der Waals surface area (Å²) < 4.78 is 5.57. The number of unbranched alkanes of at least 4 members (excludes halogenated alkanes) is 10. The molecule has 182 valence electrons. The minimum Gasteiger partial charge on any atom is -0.423 e. The zero-order valence-corrected chi connectivity index (χ0v) is 21.3. The number of benzene rings is 2. The summed E-state index contributed by atoms with van der Waals surface area (Å²) in [4.78, 5) is 0. The fraction of sp³-hybridized carbons (Fsp3) is 0.548. The summed E-state index contributed by atoms with van der Waals surface area (Å²) in [6.45, 7) is 4.59. The Balaban J connectivity index is 1.62. The van der Waals surface area contributed by atoms with Crippen molar-refractivity contribution in [2.24, 2.45) is 0 Å². The van der Waals surface area contributed by atoms with Gasteiger partial charge in [-0.2, -0.15) is 0 Å². The summed E-state index contributed by atoms with van der Waals surface area (Å²) in [5.41, 5.74) is 6.97. The topological polar surface area (TPSA) is 38.9 Å². The maximum Gasteiger partial charge on any atom is 0.247 e. The van der Waals surface area contributed by atoms with Crippen molar-refractivity contribution in [2.45, 2.75) is 109 Å². The quantitative estimate of drug-likeness (QED) is 0.213. The van der Waals surface area contributed by atoms with E-state index in [2.05, 4.69) is 66.5 Å². The van der Waals surface area contributed by atoms with E-state index in [0.29, 0.717) is 5.89 Å². The third-order valence-corrected chi connectivity index (χ3v) is 7.79. The Labute approximate surface area is 206 Å². The van der Waals surface area contributed by atoms with Gasteiger partial charge in [0.05, 0.1) is 0 Å². The number of aromatic nitrogens is 2. The summed E-state index contributed by atoms with van der Waals surface area (Å²) >= 11 is 0. The monoisotopic (exact) mass is 458 g/mol. The number of nitrogens with zero attached hydrogens (tertiary/aromatic N) is 2. The van der Waals surface area contributed by atoms with Crippen LogP contribution in [-0.2, 0) is 5.41 Å². The molecule has 1 aliphatic rings. The number of hydrogen-bond donors (Lipinski definition) is 0. The molecule has 3 heteroatoms. The smallest absolute Gasteiger partial charge is 0.247 e. The Morgan fingerprint density at radius 2 is 1.29 bits per heavy atom. The molecule has 0 bridgehead atoms. The average Bonchev–Trinajstić information content (AvgIpc) is 3.50. The van der Waals surface area contributed by atoms with Gasteiger partial charge in [0.15, 0.2) is 0 Å². The lowest BCUT2D eigenvalue weighted by Gasteiger charge is -2.33. The van der Waals surface area contributed by atoms with Gasteiger partial charge < -0.3 is 4.42 Å². The molecule has 0 saturated heterocycles. The lowest BCUT2D eigenvalue weighted by Crippen LogP contribution is -2.25. The van der Waals surface area contributed by atoms with E-state index in [1.165, 1.54) is 119 Å². The third-order valence-electron chi connectivity index (χ3n) is 7.79. The summed E-state index contributed by atoms with van der Waals surface area (Å²) in [5.74, 6) is 0.617. The maximum absolute atomic E-state index is 5.57. The van der Waals surface area contributed by atoms with Crippen molar-refractivity contribution < 1.29 is 4.42 Å². The average molecular weight is 459 g/mol. The van der Waals surface area contributed by atoms with Gasteiger partial charge in [-0.25, -0.2) is 0 Å². The molecule has 1 atom stereocenters. The van der Waals surface area contributed by atoms with Crippen LogP contribution in [0.1, 0.15) is 115 Å². The van der Waals surface area contributed by atoms with Crippen molar-refractivity contribution in [3.05, 3.63) is 60.0 Å². The van der Waals surface area contributed by atoms with Crippen LogP contribution in [0.2, 0.25) is 0 Å². The Hall–Kier alpha value is -2.42. The predicted octanol–water partition coefficient (Wildman–Crippen LogP) is 9.50. The minimum atomic E-state index is 0.0948. The zero-order valence-electron chi connectivity index (χ0n) is 21.3. The first-order chi connectivity index (χ1) is 16.8. The Bertz CT molecular complexity index is 1010. The zero-order chi connectivity index (χ0) is 23.6. The van der Waals surface area contributed by atoms with Crippen molar-refractivity contribution >= 4 is 0 Å². The standard InChI is InChI=1S/C31H42N2O/c1-3-5-7-9-10-12-16-22-31(21-15-11-8-6-4-2)28-18-14-13-17-26(28)27-20-19-25(23-29(27)31)30-33-32-24-34-30/h13-14,17-20,23-24H,3-12,15-16,21-22H2,1-2H3. The first-order valence-corrected chi connectivity index (χ1v) is 13.8. The molecule has 2 aromatic carbocycles. The highest BCUT2D eigenvalue weighted by Crippen LogP contribution is 2.54. The van der Waals surface area contributed by atoms with Crippen molar-refractivity contribution in [1.29, 1.82) is 0 Å². The first-order valence-electron chi connectivity index (χ1n) is 13.8. The van der Waals surface area contributed by atoms with Crippen LogP contribution in [0.25, 0.3) is 22.6 Å². The van der Waals surface area contributed by atoms with Crippen molar-refractivity contribution in [2.75, 3.05) is 0 Å². The van der Waals surface area contributed by atoms with E-state index in [4.69, 9.17) is 4.42 Å². The van der Waals surface area contributed by atoms with Crippen LogP contribution in [0.3, 0.4) is 0 Å². The Morgan fingerprint density at radius 3 is 1.94 bits per heavy atom. The second-order valence-electron chi connectivity index (χ2n) is 10.2. The lowest BCUT2D eigenvalue weighted by atomic mass is 9.70. The normalized spacial score (nSPS) is 16.5. The molecule has 1 heterocycles. The molecule has 0 spiro atoms. The van der Waals surface area contributed by atoms with Gasteiger partial charge in [0, 0.05) is 11.0 Å². The van der Waals surface area contributed by atoms with E-state index in [0.717, 1.165) is 5.56 Å². The fourth-order valence-corrected chi connectivity index (χ4v) is 5.97. The predicted molar refractivity (Wildman–Crippen MR) is 142 cm³/mol. The van der Waals surface area contributed by atoms with Gasteiger partial charge in [-0.05, 0) is 47.2 Å². The third kappa shape index (κ3) is 5.45. The highest BCUT2D eigenvalue weighted by atomic mass is 16.4. The summed E-state index contributed by atoms with van der Waals surface area (Å²) in [6.07, 6.45) is 19.9. The molecule has 0 aliphatic heterocycles. The van der Waals surface area contributed by atoms with Crippen molar-refractivity contribution in [3.8, 4) is 22.6 Å². The highest BCUT2D eigenvalue weighted by Gasteiger charge is 2.42. The van der Waals surface area contributed by atoms with Gasteiger partial charge >= 0.3 is 0 Å². The van der Waals surface area contributed by atoms with Gasteiger partial charge in [-0.1, -0.05) is 121 Å². The van der Waals surface area contributed by atoms with Gasteiger partial charge in [0.2, 0.25) is 12.3 Å². The molecular weight excluding hydrogens is 416 g/mol. The molecule has 34 heavy (non-hydrogen) atoms. The first kappa shape index (κ1) is 24.7. The molecule has 0 N–H and O–H groups in total. The SMILES string of the molecule is CCCCCCCCCC1(CCCCCCC)c2ccccc2-c2ccc(-c3nnco3)cc21. The van der Waals surface area contributed by atoms with E-state index >= 15 is 0 Å². The van der Waals surface area contributed by atoms with E-state index in [1.807, 2.05) is 0 Å². The molecule has 0 radical (unpaired) electrons. The van der Waals surface area contributed by atoms with Gasteiger partial charge in [-0.3, -0.25) is 0 Å². The molecule has 3 aromatic rings. The van der Waals surface area contributed by atoms with E-state index in [-0.39, 0.29) is 5.41 Å². The molecule has 0 fully saturated rings. The van der Waals surface area contributed by atoms with E-state index < -0.39 is 0 Å². The Kier molecular flexibility index (Phi) is 8.96. The molecule has 0 amide bonds. The molecule has 1 aliphatic carbocycles. The van der Waals surface area contributed by atoms with E-state index in [1.54, 1.807) is 0 Å². The highest BCUT2D eigenvalue weighted by molar-refractivity contribution is 5.83. The molecule has 3 nitrogen and oxygen atoms in total. The number of hydrogen-bond acceptors (Lipinski definition) is 3. The van der Waals surface area contributed by atoms with Crippen molar-refractivity contribution in [3.63, 3.8) is 0 Å². The molecular formula is C31H42N2O. The van der Waals surface area contributed by atoms with Crippen LogP contribution in [-0.4, -0.2) is 10.2 Å². The summed E-state index contributed by atoms with van der Waals surface area (Å²) in [5, 5.41) is 8.12. The van der Waals surface area contributed by atoms with Gasteiger partial charge in [0.1, 0.15) is 0 Å². The lowest BCUT2D eigenvalue weighted by molar-refractivity contribution is 0.398. The molecule has 1 unspecified atom stereocenters. The largest absolute Gasteiger partial charge is 0.423 e. The van der Waals surface area contributed by atoms with Crippen LogP contribution in [0.15, 0.2) is 53.3 Å². The van der Waals surface area contributed by atoms with E-state index in [9.17, 15) is 0 Å². The molecule has 4 rings (SSSR count). The van der Waals surface area contributed by atoms with Crippen LogP contribution in [0.5, 0.6) is 0 Å². The molecule has 1 aromatic heterocycles. The van der Waals surface area contributed by atoms with Gasteiger partial charge in [0.25, 0.3) is 0 Å². The van der Waals surface area contributed by atoms with Crippen molar-refractivity contribution in [1.82, 2.24) is 10.2 Å². The van der Waals surface area contributed by atoms with Crippen LogP contribution >= 0.6 is 0 Å². The summed E-state index contributed by atoms with van der Waals surface area (Å²) in [7, 11) is 0. The second-order valence-corrected chi connectivity index (χ2v) is 10.2. The van der Waals surface area contributed by atoms with Crippen LogP contribution in [0, 0.1) is 0 Å². The fourth-order valence-electron chi connectivity index (χ4n) is 5.97. The van der Waals surface area contributed by atoms with Crippen LogP contribution in [0.4, 0.5) is 0 Å². The second kappa shape index (κ2) is 12.3. The Morgan fingerprint density at radius 1 is 0.676 bits per heavy atom. The summed E-state index contributed by atoms with van der Waals surface area (Å²) in [6, 6.07) is 15.9. The minimum absolute atomic E-state index is 0.0948. The van der Waals surface area contributed by atoms with Gasteiger partial charge in [-0.15, -0.1) is 10.2 Å². The number of fused-ring (bicyclic) bond motifs is 3.